The Bertz CT molecular complexity index is 1700. The van der Waals surface area contributed by atoms with Crippen LogP contribution in [-0.2, 0) is 17.9 Å². The number of rotatable bonds is 3. The maximum Gasteiger partial charge on any atom is 0.320 e. The van der Waals surface area contributed by atoms with Crippen LogP contribution in [0.4, 0.5) is 9.18 Å². The van der Waals surface area contributed by atoms with E-state index in [1.807, 2.05) is 40.1 Å². The second-order valence-corrected chi connectivity index (χ2v) is 10.8. The highest BCUT2D eigenvalue weighted by Crippen LogP contribution is 2.39. The number of pyridine rings is 1. The zero-order valence-electron chi connectivity index (χ0n) is 21.8. The second-order valence-electron chi connectivity index (χ2n) is 10.8. The van der Waals surface area contributed by atoms with E-state index in [1.54, 1.807) is 15.5 Å². The summed E-state index contributed by atoms with van der Waals surface area (Å²) in [5.41, 5.74) is 3.86. The summed E-state index contributed by atoms with van der Waals surface area (Å²) < 4.78 is 18.9. The molecule has 1 saturated heterocycles. The van der Waals surface area contributed by atoms with Crippen LogP contribution in [0, 0.1) is 11.7 Å². The number of nitrogens with one attached hydrogen (secondary N) is 1. The number of aliphatic hydroxyl groups is 2. The third-order valence-electron chi connectivity index (χ3n) is 8.40. The summed E-state index contributed by atoms with van der Waals surface area (Å²) in [5.74, 6) is -0.685. The highest BCUT2D eigenvalue weighted by molar-refractivity contribution is 6.32. The number of likely N-dealkylation sites (tertiary alicyclic amines) is 1. The summed E-state index contributed by atoms with van der Waals surface area (Å²) in [6.07, 6.45) is 5.54. The molecule has 1 atom stereocenters. The minimum atomic E-state index is -1.25. The maximum atomic E-state index is 15.1. The minimum absolute atomic E-state index is 0.0873. The van der Waals surface area contributed by atoms with Gasteiger partial charge >= 0.3 is 6.03 Å². The quantitative estimate of drug-likeness (QED) is 0.367. The van der Waals surface area contributed by atoms with Gasteiger partial charge in [-0.1, -0.05) is 6.07 Å². The number of urea groups is 1. The van der Waals surface area contributed by atoms with Gasteiger partial charge in [-0.25, -0.2) is 14.2 Å². The lowest BCUT2D eigenvalue weighted by atomic mass is 9.97. The van der Waals surface area contributed by atoms with E-state index in [0.29, 0.717) is 59.6 Å². The molecule has 0 spiro atoms. The fourth-order valence-corrected chi connectivity index (χ4v) is 6.36. The lowest BCUT2D eigenvalue weighted by molar-refractivity contribution is -0.116. The van der Waals surface area contributed by atoms with Crippen molar-refractivity contribution >= 4 is 39.6 Å². The molecular formula is C29H29FN6O4. The van der Waals surface area contributed by atoms with E-state index < -0.39 is 18.0 Å². The molecule has 0 radical (unpaired) electrons. The third kappa shape index (κ3) is 3.88. The van der Waals surface area contributed by atoms with Crippen LogP contribution in [0.5, 0.6) is 0 Å². The predicted molar refractivity (Wildman–Crippen MR) is 145 cm³/mol. The van der Waals surface area contributed by atoms with Crippen LogP contribution in [0.1, 0.15) is 29.7 Å². The number of hydrogen-bond acceptors (Lipinski definition) is 5. The number of aliphatic hydroxyl groups excluding tert-OH is 2. The van der Waals surface area contributed by atoms with E-state index in [2.05, 4.69) is 10.3 Å². The number of aromatic nitrogens is 3. The van der Waals surface area contributed by atoms with E-state index in [1.165, 1.54) is 12.1 Å². The van der Waals surface area contributed by atoms with Gasteiger partial charge in [-0.05, 0) is 48.6 Å². The van der Waals surface area contributed by atoms with Crippen LogP contribution in [0.2, 0.25) is 0 Å². The lowest BCUT2D eigenvalue weighted by Gasteiger charge is -2.35. The van der Waals surface area contributed by atoms with Crippen molar-refractivity contribution in [1.82, 2.24) is 29.1 Å². The summed E-state index contributed by atoms with van der Waals surface area (Å²) in [4.78, 5) is 34.6. The molecule has 10 nitrogen and oxygen atoms in total. The fourth-order valence-electron chi connectivity index (χ4n) is 6.36. The number of piperidine rings is 1. The monoisotopic (exact) mass is 544 g/mol. The molecule has 1 unspecified atom stereocenters. The average molecular weight is 545 g/mol. The van der Waals surface area contributed by atoms with Gasteiger partial charge in [0.1, 0.15) is 11.5 Å². The van der Waals surface area contributed by atoms with Crippen LogP contribution in [0.3, 0.4) is 0 Å². The number of carbonyl (C=O) groups is 2. The van der Waals surface area contributed by atoms with E-state index in [0.717, 1.165) is 18.4 Å². The SMILES string of the molecule is O=C1NC(O)C(c2cnc3ccccn23)=C1c1cn2c3c(cc(F)cc13)CN(C(=O)N1CCC(CO)CC1)CC2. The molecule has 11 heteroatoms. The molecule has 206 valence electrons. The zero-order chi connectivity index (χ0) is 27.5. The molecule has 0 bridgehead atoms. The Balaban J connectivity index is 1.31. The van der Waals surface area contributed by atoms with Crippen molar-refractivity contribution in [3.05, 3.63) is 71.6 Å². The largest absolute Gasteiger partial charge is 0.396 e. The van der Waals surface area contributed by atoms with Gasteiger partial charge < -0.3 is 29.9 Å². The van der Waals surface area contributed by atoms with Gasteiger partial charge in [0.2, 0.25) is 0 Å². The van der Waals surface area contributed by atoms with Gasteiger partial charge in [0, 0.05) is 68.2 Å². The summed E-state index contributed by atoms with van der Waals surface area (Å²) in [7, 11) is 0. The van der Waals surface area contributed by atoms with Gasteiger partial charge in [0.25, 0.3) is 5.91 Å². The Kier molecular flexibility index (Phi) is 5.86. The summed E-state index contributed by atoms with van der Waals surface area (Å²) in [6, 6.07) is 8.32. The molecule has 3 aliphatic rings. The number of hydrogen-bond donors (Lipinski definition) is 3. The van der Waals surface area contributed by atoms with Crippen molar-refractivity contribution in [2.45, 2.75) is 32.2 Å². The van der Waals surface area contributed by atoms with Gasteiger partial charge in [-0.2, -0.15) is 0 Å². The van der Waals surface area contributed by atoms with Crippen LogP contribution in [0.25, 0.3) is 27.7 Å². The highest BCUT2D eigenvalue weighted by atomic mass is 19.1. The Hall–Kier alpha value is -4.22. The van der Waals surface area contributed by atoms with Crippen molar-refractivity contribution in [2.24, 2.45) is 5.92 Å². The smallest absolute Gasteiger partial charge is 0.320 e. The summed E-state index contributed by atoms with van der Waals surface area (Å²) >= 11 is 0. The maximum absolute atomic E-state index is 15.1. The average Bonchev–Trinajstić information content (AvgIpc) is 3.58. The molecule has 7 rings (SSSR count). The highest BCUT2D eigenvalue weighted by Gasteiger charge is 2.36. The van der Waals surface area contributed by atoms with Crippen LogP contribution >= 0.6 is 0 Å². The zero-order valence-corrected chi connectivity index (χ0v) is 21.8. The molecule has 3 aromatic heterocycles. The molecule has 3 aliphatic heterocycles. The first kappa shape index (κ1) is 24.8. The van der Waals surface area contributed by atoms with Gasteiger partial charge in [0.05, 0.1) is 23.0 Å². The normalized spacial score (nSPS) is 20.1. The van der Waals surface area contributed by atoms with E-state index in [4.69, 9.17) is 0 Å². The molecule has 1 fully saturated rings. The van der Waals surface area contributed by atoms with Crippen molar-refractivity contribution in [1.29, 1.82) is 0 Å². The molecule has 1 aromatic carbocycles. The number of carbonyl (C=O) groups excluding carboxylic acids is 2. The molecule has 0 saturated carbocycles. The summed E-state index contributed by atoms with van der Waals surface area (Å²) in [5, 5.41) is 23.5. The van der Waals surface area contributed by atoms with E-state index >= 15 is 4.39 Å². The Morgan fingerprint density at radius 2 is 1.95 bits per heavy atom. The van der Waals surface area contributed by atoms with Crippen LogP contribution in [-0.4, -0.2) is 78.4 Å². The number of halogens is 1. The number of benzene rings is 1. The molecule has 3 N–H and O–H groups in total. The van der Waals surface area contributed by atoms with Crippen molar-refractivity contribution in [3.8, 4) is 0 Å². The standard InChI is InChI=1S/C29H29FN6O4/c30-19-11-18-14-35(29(40)33-7-4-17(16-37)5-8-33)10-9-34-15-21(20(12-19)26(18)34)24-25(28(39)32-27(24)38)22-13-31-23-3-1-2-6-36(22)23/h1-3,6,11-13,15,17,28,37,39H,4-5,7-10,14,16H2,(H,32,38). The van der Waals surface area contributed by atoms with E-state index in [9.17, 15) is 19.8 Å². The number of fused-ring (bicyclic) bond motifs is 1. The first-order valence-electron chi connectivity index (χ1n) is 13.5. The van der Waals surface area contributed by atoms with E-state index in [-0.39, 0.29) is 30.7 Å². The number of imidazole rings is 1. The van der Waals surface area contributed by atoms with Crippen molar-refractivity contribution in [2.75, 3.05) is 26.2 Å². The first-order valence-corrected chi connectivity index (χ1v) is 13.5. The fraction of sp³-hybridized carbons (Fsp3) is 0.345. The lowest BCUT2D eigenvalue weighted by Crippen LogP contribution is -2.47. The molecule has 6 heterocycles. The minimum Gasteiger partial charge on any atom is -0.396 e. The molecule has 0 aliphatic carbocycles. The summed E-state index contributed by atoms with van der Waals surface area (Å²) in [6.45, 7) is 2.45. The number of nitrogens with zero attached hydrogens (tertiary/aromatic N) is 5. The molecule has 3 amide bonds. The van der Waals surface area contributed by atoms with Gasteiger partial charge in [0.15, 0.2) is 6.23 Å². The molecule has 4 aromatic rings. The topological polar surface area (TPSA) is 115 Å². The van der Waals surface area contributed by atoms with Crippen LogP contribution < -0.4 is 5.32 Å². The van der Waals surface area contributed by atoms with Crippen molar-refractivity contribution in [3.63, 3.8) is 0 Å². The number of amides is 3. The predicted octanol–water partition coefficient (Wildman–Crippen LogP) is 2.43. The van der Waals surface area contributed by atoms with Gasteiger partial charge in [-0.15, -0.1) is 0 Å². The Labute approximate surface area is 228 Å². The first-order chi connectivity index (χ1) is 19.4. The second kappa shape index (κ2) is 9.46. The van der Waals surface area contributed by atoms with Gasteiger partial charge in [-0.3, -0.25) is 9.20 Å². The Morgan fingerprint density at radius 3 is 2.75 bits per heavy atom. The molecule has 40 heavy (non-hydrogen) atoms. The third-order valence-corrected chi connectivity index (χ3v) is 8.40. The Morgan fingerprint density at radius 1 is 1.12 bits per heavy atom. The van der Waals surface area contributed by atoms with Crippen molar-refractivity contribution < 1.29 is 24.2 Å². The molecular weight excluding hydrogens is 515 g/mol. The van der Waals surface area contributed by atoms with Crippen LogP contribution in [0.15, 0.2) is 48.9 Å².